The summed E-state index contributed by atoms with van der Waals surface area (Å²) in [7, 11) is 0. The number of nitrogens with one attached hydrogen (secondary N) is 3. The van der Waals surface area contributed by atoms with Gasteiger partial charge in [0.2, 0.25) is 0 Å². The van der Waals surface area contributed by atoms with Gasteiger partial charge in [-0.25, -0.2) is 9.59 Å². The summed E-state index contributed by atoms with van der Waals surface area (Å²) in [4.78, 5) is 22.3. The van der Waals surface area contributed by atoms with Crippen LogP contribution in [0.2, 0.25) is 0 Å². The molecule has 0 spiro atoms. The van der Waals surface area contributed by atoms with Gasteiger partial charge in [-0.3, -0.25) is 0 Å². The van der Waals surface area contributed by atoms with Crippen molar-refractivity contribution >= 4 is 97.6 Å². The highest BCUT2D eigenvalue weighted by Crippen LogP contribution is 2.39. The molecule has 7 nitrogen and oxygen atoms in total. The first-order valence-electron chi connectivity index (χ1n) is 4.25. The van der Waals surface area contributed by atoms with Crippen LogP contribution in [0.5, 0.6) is 0 Å². The average Bonchev–Trinajstić information content (AvgIpc) is 2.35. The van der Waals surface area contributed by atoms with Crippen molar-refractivity contribution < 1.29 is 19.8 Å². The van der Waals surface area contributed by atoms with Crippen LogP contribution in [0.15, 0.2) is 6.07 Å². The van der Waals surface area contributed by atoms with Crippen molar-refractivity contribution in [3.05, 3.63) is 17.2 Å². The minimum absolute atomic E-state index is 0.205. The molecule has 1 aromatic carbocycles. The fourth-order valence-corrected chi connectivity index (χ4v) is 2.87. The van der Waals surface area contributed by atoms with Gasteiger partial charge < -0.3 is 20.8 Å². The lowest BCUT2D eigenvalue weighted by atomic mass is 10.0. The van der Waals surface area contributed by atoms with Gasteiger partial charge in [0, 0.05) is 0 Å². The first kappa shape index (κ1) is 15.8. The third kappa shape index (κ3) is 3.01. The molecule has 1 rings (SSSR count). The van der Waals surface area contributed by atoms with E-state index >= 15 is 0 Å². The predicted octanol–water partition coefficient (Wildman–Crippen LogP) is 3.37. The van der Waals surface area contributed by atoms with Gasteiger partial charge in [0.05, 0.1) is 91.2 Å². The first-order chi connectivity index (χ1) is 8.47. The van der Waals surface area contributed by atoms with Crippen molar-refractivity contribution in [2.45, 2.75) is 0 Å². The Kier molecular flexibility index (Phi) is 5.96. The third-order valence-electron chi connectivity index (χ3n) is 2.06. The number of rotatable bonds is 5. The molecule has 0 aliphatic heterocycles. The Hall–Kier alpha value is -0.250. The quantitative estimate of drug-likeness (QED) is 0.265. The van der Waals surface area contributed by atoms with Crippen LogP contribution in [0.3, 0.4) is 0 Å². The van der Waals surface area contributed by atoms with Gasteiger partial charge in [0.25, 0.3) is 0 Å². The lowest BCUT2D eigenvalue weighted by molar-refractivity contribution is 0.0652. The molecule has 0 atom stereocenters. The summed E-state index contributed by atoms with van der Waals surface area (Å²) in [5.41, 5.74) is 0.590. The van der Waals surface area contributed by atoms with Crippen molar-refractivity contribution in [1.29, 1.82) is 0 Å². The molecule has 0 radical (unpaired) electrons. The normalized spacial score (nSPS) is 9.72. The van der Waals surface area contributed by atoms with Gasteiger partial charge in [-0.05, 0) is 6.07 Å². The molecule has 0 amide bonds. The molecule has 0 unspecified atom stereocenters. The SMILES string of the molecule is O=C(O)c1cc(NI)c(NI)c(NI)c1C(=O)O. The van der Waals surface area contributed by atoms with E-state index in [1.54, 1.807) is 22.9 Å². The van der Waals surface area contributed by atoms with Crippen molar-refractivity contribution in [3.63, 3.8) is 0 Å². The second-order valence-corrected chi connectivity index (χ2v) is 4.61. The van der Waals surface area contributed by atoms with Gasteiger partial charge >= 0.3 is 11.9 Å². The Morgan fingerprint density at radius 1 is 0.944 bits per heavy atom. The highest BCUT2D eigenvalue weighted by molar-refractivity contribution is 14.1. The van der Waals surface area contributed by atoms with Gasteiger partial charge in [0.1, 0.15) is 5.56 Å². The van der Waals surface area contributed by atoms with E-state index < -0.39 is 11.9 Å². The van der Waals surface area contributed by atoms with Crippen LogP contribution in [0.25, 0.3) is 0 Å². The lowest BCUT2D eigenvalue weighted by Crippen LogP contribution is -2.12. The summed E-state index contributed by atoms with van der Waals surface area (Å²) in [5, 5.41) is 18.2. The van der Waals surface area contributed by atoms with E-state index in [0.29, 0.717) is 11.4 Å². The van der Waals surface area contributed by atoms with E-state index in [9.17, 15) is 9.59 Å². The fraction of sp³-hybridized carbons (Fsp3) is 0. The van der Waals surface area contributed by atoms with Crippen LogP contribution in [-0.4, -0.2) is 22.2 Å². The predicted molar refractivity (Wildman–Crippen MR) is 93.3 cm³/mol. The van der Waals surface area contributed by atoms with E-state index in [4.69, 9.17) is 10.2 Å². The number of hydrogen-bond acceptors (Lipinski definition) is 5. The van der Waals surface area contributed by atoms with Crippen LogP contribution in [0.4, 0.5) is 17.1 Å². The van der Waals surface area contributed by atoms with E-state index in [1.165, 1.54) is 6.07 Å². The Bertz CT molecular complexity index is 509. The summed E-state index contributed by atoms with van der Waals surface area (Å²) in [6, 6.07) is 1.27. The molecular weight excluding hydrogens is 583 g/mol. The van der Waals surface area contributed by atoms with E-state index in [-0.39, 0.29) is 16.8 Å². The van der Waals surface area contributed by atoms with Gasteiger partial charge in [0.15, 0.2) is 0 Å². The lowest BCUT2D eigenvalue weighted by Gasteiger charge is -2.16. The van der Waals surface area contributed by atoms with Crippen molar-refractivity contribution in [1.82, 2.24) is 0 Å². The number of carbonyl (C=O) groups is 2. The zero-order valence-electron chi connectivity index (χ0n) is 8.42. The zero-order chi connectivity index (χ0) is 13.9. The molecule has 98 valence electrons. The standard InChI is InChI=1S/C8H6I3N3O4/c9-12-3-1-2(7(15)16)4(8(17)18)6(14-11)5(3)13-10/h1,12-14H,(H,15,16)(H,17,18). The Balaban J connectivity index is 3.74. The maximum absolute atomic E-state index is 11.2. The van der Waals surface area contributed by atoms with Crippen LogP contribution < -0.4 is 10.6 Å². The van der Waals surface area contributed by atoms with Gasteiger partial charge in [-0.2, -0.15) is 0 Å². The summed E-state index contributed by atoms with van der Waals surface area (Å²) < 4.78 is 8.27. The molecule has 10 heteroatoms. The molecule has 0 saturated carbocycles. The molecule has 0 heterocycles. The molecule has 1 aromatic rings. The van der Waals surface area contributed by atoms with Crippen LogP contribution >= 0.6 is 68.6 Å². The van der Waals surface area contributed by atoms with Crippen molar-refractivity contribution in [2.24, 2.45) is 0 Å². The van der Waals surface area contributed by atoms with Crippen LogP contribution in [0, 0.1) is 0 Å². The topological polar surface area (TPSA) is 111 Å². The minimum atomic E-state index is -1.31. The third-order valence-corrected chi connectivity index (χ3v) is 3.72. The first-order valence-corrected chi connectivity index (χ1v) is 7.49. The number of halogens is 3. The molecule has 0 aliphatic rings. The number of benzene rings is 1. The Morgan fingerprint density at radius 2 is 1.50 bits per heavy atom. The molecule has 0 saturated heterocycles. The molecule has 18 heavy (non-hydrogen) atoms. The molecule has 0 aromatic heterocycles. The van der Waals surface area contributed by atoms with Gasteiger partial charge in [-0.15, -0.1) is 0 Å². The molecular formula is C8H6I3N3O4. The second-order valence-electron chi connectivity index (χ2n) is 2.99. The summed E-state index contributed by atoms with van der Waals surface area (Å²) in [5.74, 6) is -2.60. The van der Waals surface area contributed by atoms with Crippen LogP contribution in [0.1, 0.15) is 20.7 Å². The average molecular weight is 589 g/mol. The molecule has 0 bridgehead atoms. The van der Waals surface area contributed by atoms with Gasteiger partial charge in [-0.1, -0.05) is 0 Å². The van der Waals surface area contributed by atoms with E-state index in [1.807, 2.05) is 45.7 Å². The van der Waals surface area contributed by atoms with E-state index in [2.05, 4.69) is 10.6 Å². The monoisotopic (exact) mass is 589 g/mol. The summed E-state index contributed by atoms with van der Waals surface area (Å²) in [6.07, 6.45) is 0. The molecule has 0 aliphatic carbocycles. The smallest absolute Gasteiger partial charge is 0.338 e. The summed E-state index contributed by atoms with van der Waals surface area (Å²) in [6.45, 7) is 0. The Labute approximate surface area is 144 Å². The number of hydrogen-bond donors (Lipinski definition) is 5. The maximum atomic E-state index is 11.2. The van der Waals surface area contributed by atoms with Crippen molar-refractivity contribution in [3.8, 4) is 0 Å². The number of carboxylic acids is 2. The van der Waals surface area contributed by atoms with Crippen molar-refractivity contribution in [2.75, 3.05) is 10.6 Å². The largest absolute Gasteiger partial charge is 0.478 e. The minimum Gasteiger partial charge on any atom is -0.478 e. The number of aromatic carboxylic acids is 2. The maximum Gasteiger partial charge on any atom is 0.338 e. The molecule has 5 N–H and O–H groups in total. The number of carboxylic acid groups (broad SMARTS) is 2. The fourth-order valence-electron chi connectivity index (χ4n) is 1.34. The zero-order valence-corrected chi connectivity index (χ0v) is 14.9. The van der Waals surface area contributed by atoms with Crippen LogP contribution in [-0.2, 0) is 0 Å². The molecule has 0 fully saturated rings. The summed E-state index contributed by atoms with van der Waals surface area (Å²) >= 11 is 5.44. The highest BCUT2D eigenvalue weighted by Gasteiger charge is 2.25. The Morgan fingerprint density at radius 3 is 1.83 bits per heavy atom. The van der Waals surface area contributed by atoms with E-state index in [0.717, 1.165) is 0 Å². The highest BCUT2D eigenvalue weighted by atomic mass is 127. The number of anilines is 3. The second kappa shape index (κ2) is 6.78.